The number of nitrogens with zero attached hydrogens (tertiary/aromatic N) is 2. The standard InChI is InChI=1S/C8H12N4OS/c1-12-3-6(2-10-12)11-8(13)7-4-14-5-9-7/h2-3,7,9H,4-5H2,1H3,(H,11,13)/t7-/m1/s1. The minimum atomic E-state index is -0.0693. The Morgan fingerprint density at radius 3 is 3.29 bits per heavy atom. The number of anilines is 1. The number of rotatable bonds is 2. The number of aryl methyl sites for hydroxylation is 1. The number of nitrogens with one attached hydrogen (secondary N) is 2. The molecule has 1 amide bonds. The quantitative estimate of drug-likeness (QED) is 0.725. The molecule has 76 valence electrons. The monoisotopic (exact) mass is 212 g/mol. The Kier molecular flexibility index (Phi) is 2.74. The van der Waals surface area contributed by atoms with Gasteiger partial charge in [0.15, 0.2) is 0 Å². The highest BCUT2D eigenvalue weighted by Gasteiger charge is 2.22. The van der Waals surface area contributed by atoms with E-state index in [4.69, 9.17) is 0 Å². The highest BCUT2D eigenvalue weighted by atomic mass is 32.2. The van der Waals surface area contributed by atoms with Gasteiger partial charge in [-0.25, -0.2) is 0 Å². The number of hydrogen-bond acceptors (Lipinski definition) is 4. The predicted octanol–water partition coefficient (Wildman–Crippen LogP) is 0.0211. The van der Waals surface area contributed by atoms with E-state index in [-0.39, 0.29) is 11.9 Å². The van der Waals surface area contributed by atoms with Crippen molar-refractivity contribution in [3.05, 3.63) is 12.4 Å². The minimum absolute atomic E-state index is 0.0167. The van der Waals surface area contributed by atoms with E-state index in [2.05, 4.69) is 15.7 Å². The van der Waals surface area contributed by atoms with Gasteiger partial charge in [0.1, 0.15) is 0 Å². The maximum absolute atomic E-state index is 11.6. The largest absolute Gasteiger partial charge is 0.322 e. The average molecular weight is 212 g/mol. The lowest BCUT2D eigenvalue weighted by atomic mass is 10.3. The summed E-state index contributed by atoms with van der Waals surface area (Å²) in [5, 5.41) is 9.89. The van der Waals surface area contributed by atoms with Gasteiger partial charge in [0.25, 0.3) is 0 Å². The van der Waals surface area contributed by atoms with Crippen LogP contribution < -0.4 is 10.6 Å². The Bertz CT molecular complexity index is 332. The summed E-state index contributed by atoms with van der Waals surface area (Å²) in [5.41, 5.74) is 0.746. The maximum Gasteiger partial charge on any atom is 0.242 e. The lowest BCUT2D eigenvalue weighted by molar-refractivity contribution is -0.117. The van der Waals surface area contributed by atoms with Crippen LogP contribution >= 0.6 is 11.8 Å². The van der Waals surface area contributed by atoms with E-state index in [0.717, 1.165) is 17.3 Å². The molecule has 0 radical (unpaired) electrons. The van der Waals surface area contributed by atoms with E-state index >= 15 is 0 Å². The first-order valence-electron chi connectivity index (χ1n) is 4.36. The van der Waals surface area contributed by atoms with Gasteiger partial charge in [-0.1, -0.05) is 0 Å². The van der Waals surface area contributed by atoms with Crippen molar-refractivity contribution in [2.45, 2.75) is 6.04 Å². The minimum Gasteiger partial charge on any atom is -0.322 e. The van der Waals surface area contributed by atoms with Crippen molar-refractivity contribution in [3.8, 4) is 0 Å². The third-order valence-electron chi connectivity index (χ3n) is 2.01. The Labute approximate surface area is 86.2 Å². The smallest absolute Gasteiger partial charge is 0.242 e. The Morgan fingerprint density at radius 2 is 2.71 bits per heavy atom. The summed E-state index contributed by atoms with van der Waals surface area (Å²) in [6.07, 6.45) is 3.42. The molecule has 1 aromatic rings. The van der Waals surface area contributed by atoms with Crippen molar-refractivity contribution >= 4 is 23.4 Å². The molecule has 0 unspecified atom stereocenters. The number of amides is 1. The van der Waals surface area contributed by atoms with E-state index in [1.807, 2.05) is 7.05 Å². The van der Waals surface area contributed by atoms with Crippen molar-refractivity contribution in [3.63, 3.8) is 0 Å². The van der Waals surface area contributed by atoms with Gasteiger partial charge >= 0.3 is 0 Å². The summed E-state index contributed by atoms with van der Waals surface area (Å²) >= 11 is 1.73. The molecule has 6 heteroatoms. The molecule has 2 rings (SSSR count). The topological polar surface area (TPSA) is 59.0 Å². The van der Waals surface area contributed by atoms with Crippen LogP contribution in [0.15, 0.2) is 12.4 Å². The van der Waals surface area contributed by atoms with Crippen molar-refractivity contribution in [2.75, 3.05) is 16.9 Å². The zero-order valence-corrected chi connectivity index (χ0v) is 8.67. The first-order chi connectivity index (χ1) is 6.75. The van der Waals surface area contributed by atoms with Crippen LogP contribution in [0.5, 0.6) is 0 Å². The second-order valence-corrected chi connectivity index (χ2v) is 4.19. The van der Waals surface area contributed by atoms with E-state index in [9.17, 15) is 4.79 Å². The van der Waals surface area contributed by atoms with Crippen LogP contribution in [0.3, 0.4) is 0 Å². The normalized spacial score (nSPS) is 21.1. The molecular weight excluding hydrogens is 200 g/mol. The first-order valence-corrected chi connectivity index (χ1v) is 5.52. The number of carbonyl (C=O) groups is 1. The van der Waals surface area contributed by atoms with Crippen molar-refractivity contribution < 1.29 is 4.79 Å². The fraction of sp³-hybridized carbons (Fsp3) is 0.500. The van der Waals surface area contributed by atoms with Gasteiger partial charge in [0.05, 0.1) is 17.9 Å². The molecule has 14 heavy (non-hydrogen) atoms. The summed E-state index contributed by atoms with van der Waals surface area (Å²) in [6.45, 7) is 0. The first kappa shape index (κ1) is 9.54. The molecule has 0 bridgehead atoms. The van der Waals surface area contributed by atoms with Crippen LogP contribution in [-0.4, -0.2) is 33.4 Å². The zero-order valence-electron chi connectivity index (χ0n) is 7.86. The number of thioether (sulfide) groups is 1. The second kappa shape index (κ2) is 4.02. The van der Waals surface area contributed by atoms with Crippen LogP contribution in [0.1, 0.15) is 0 Å². The molecule has 1 atom stereocenters. The molecule has 1 aromatic heterocycles. The van der Waals surface area contributed by atoms with E-state index in [1.165, 1.54) is 0 Å². The van der Waals surface area contributed by atoms with Gasteiger partial charge in [-0.3, -0.25) is 14.8 Å². The van der Waals surface area contributed by atoms with Gasteiger partial charge in [-0.15, -0.1) is 11.8 Å². The number of aromatic nitrogens is 2. The molecule has 0 aliphatic carbocycles. The van der Waals surface area contributed by atoms with Crippen LogP contribution in [0.2, 0.25) is 0 Å². The average Bonchev–Trinajstić information content (AvgIpc) is 2.75. The Morgan fingerprint density at radius 1 is 1.86 bits per heavy atom. The van der Waals surface area contributed by atoms with E-state index < -0.39 is 0 Å². The summed E-state index contributed by atoms with van der Waals surface area (Å²) in [6, 6.07) is -0.0693. The van der Waals surface area contributed by atoms with Crippen LogP contribution in [-0.2, 0) is 11.8 Å². The van der Waals surface area contributed by atoms with Crippen molar-refractivity contribution in [1.29, 1.82) is 0 Å². The Hall–Kier alpha value is -1.01. The summed E-state index contributed by atoms with van der Waals surface area (Å²) in [4.78, 5) is 11.6. The molecule has 1 saturated heterocycles. The van der Waals surface area contributed by atoms with Crippen LogP contribution in [0.25, 0.3) is 0 Å². The molecule has 5 nitrogen and oxygen atoms in total. The second-order valence-electron chi connectivity index (χ2n) is 3.16. The van der Waals surface area contributed by atoms with Crippen LogP contribution in [0.4, 0.5) is 5.69 Å². The van der Waals surface area contributed by atoms with Gasteiger partial charge in [-0.2, -0.15) is 5.10 Å². The molecule has 1 fully saturated rings. The lowest BCUT2D eigenvalue weighted by Crippen LogP contribution is -2.37. The molecule has 0 saturated carbocycles. The molecule has 0 aromatic carbocycles. The zero-order chi connectivity index (χ0) is 9.97. The maximum atomic E-state index is 11.6. The highest BCUT2D eigenvalue weighted by Crippen LogP contribution is 2.12. The van der Waals surface area contributed by atoms with Crippen LogP contribution in [0, 0.1) is 0 Å². The number of hydrogen-bond donors (Lipinski definition) is 2. The Balaban J connectivity index is 1.93. The third-order valence-corrected chi connectivity index (χ3v) is 2.95. The summed E-state index contributed by atoms with van der Waals surface area (Å²) in [5.74, 6) is 1.71. The third kappa shape index (κ3) is 2.08. The molecule has 1 aliphatic rings. The number of carbonyl (C=O) groups excluding carboxylic acids is 1. The van der Waals surface area contributed by atoms with Gasteiger partial charge in [-0.05, 0) is 0 Å². The van der Waals surface area contributed by atoms with E-state index in [0.29, 0.717) is 0 Å². The molecule has 2 heterocycles. The summed E-state index contributed by atoms with van der Waals surface area (Å²) < 4.78 is 1.66. The van der Waals surface area contributed by atoms with Gasteiger partial charge < -0.3 is 5.32 Å². The highest BCUT2D eigenvalue weighted by molar-refractivity contribution is 7.99. The molecule has 1 aliphatic heterocycles. The molecular formula is C8H12N4OS. The van der Waals surface area contributed by atoms with Gasteiger partial charge in [0, 0.05) is 24.9 Å². The molecule has 2 N–H and O–H groups in total. The molecule has 0 spiro atoms. The fourth-order valence-corrected chi connectivity index (χ4v) is 2.22. The fourth-order valence-electron chi connectivity index (χ4n) is 1.28. The SMILES string of the molecule is Cn1cc(NC(=O)[C@H]2CSCN2)cn1. The predicted molar refractivity (Wildman–Crippen MR) is 56.1 cm³/mol. The van der Waals surface area contributed by atoms with Gasteiger partial charge in [0.2, 0.25) is 5.91 Å². The van der Waals surface area contributed by atoms with Crippen molar-refractivity contribution in [1.82, 2.24) is 15.1 Å². The summed E-state index contributed by atoms with van der Waals surface area (Å²) in [7, 11) is 1.82. The lowest BCUT2D eigenvalue weighted by Gasteiger charge is -2.08. The van der Waals surface area contributed by atoms with E-state index in [1.54, 1.807) is 28.8 Å². The van der Waals surface area contributed by atoms with Crippen molar-refractivity contribution in [2.24, 2.45) is 7.05 Å².